The molecule has 1 aliphatic heterocycles. The van der Waals surface area contributed by atoms with E-state index < -0.39 is 12.1 Å². The van der Waals surface area contributed by atoms with Crippen LogP contribution in [0, 0.1) is 5.92 Å². The number of rotatable bonds is 7. The Bertz CT molecular complexity index is 654. The number of benzene rings is 1. The van der Waals surface area contributed by atoms with Crippen LogP contribution in [-0.4, -0.2) is 62.1 Å². The molecule has 7 nitrogen and oxygen atoms in total. The molecule has 1 atom stereocenters. The number of imide groups is 1. The number of nitrogens with one attached hydrogen (secondary N) is 3. The van der Waals surface area contributed by atoms with E-state index in [0.29, 0.717) is 6.54 Å². The lowest BCUT2D eigenvalue weighted by atomic mass is 10.2. The fourth-order valence-electron chi connectivity index (χ4n) is 3.39. The molecule has 1 heterocycles. The molecule has 1 aliphatic carbocycles. The number of urea groups is 1. The molecule has 27 heavy (non-hydrogen) atoms. The van der Waals surface area contributed by atoms with Gasteiger partial charge in [0.2, 0.25) is 5.91 Å². The normalized spacial score (nSPS) is 18.7. The highest BCUT2D eigenvalue weighted by atomic mass is 16.2. The van der Waals surface area contributed by atoms with Crippen LogP contribution in [0.5, 0.6) is 0 Å². The topological polar surface area (TPSA) is 76.7 Å². The molecule has 1 aromatic rings. The fourth-order valence-corrected chi connectivity index (χ4v) is 3.39. The minimum atomic E-state index is -0.502. The SMILES string of the molecule is CCNC(=O)NC(=O)[C@@H](C)Nc1cccc(N2CCN(CC3CC3)CC2)c1. The summed E-state index contributed by atoms with van der Waals surface area (Å²) in [5.41, 5.74) is 2.05. The molecule has 2 aliphatic rings. The van der Waals surface area contributed by atoms with Gasteiger partial charge in [-0.1, -0.05) is 6.07 Å². The van der Waals surface area contributed by atoms with Gasteiger partial charge in [-0.15, -0.1) is 0 Å². The van der Waals surface area contributed by atoms with Crippen molar-refractivity contribution in [2.75, 3.05) is 49.5 Å². The lowest BCUT2D eigenvalue weighted by molar-refractivity contribution is -0.120. The molecule has 148 valence electrons. The maximum Gasteiger partial charge on any atom is 0.321 e. The molecule has 2 fully saturated rings. The second-order valence-corrected chi connectivity index (χ2v) is 7.50. The van der Waals surface area contributed by atoms with Crippen LogP contribution in [0.25, 0.3) is 0 Å². The van der Waals surface area contributed by atoms with Gasteiger partial charge in [-0.05, 0) is 50.8 Å². The summed E-state index contributed by atoms with van der Waals surface area (Å²) in [6, 6.07) is 7.17. The van der Waals surface area contributed by atoms with Crippen molar-refractivity contribution in [2.45, 2.75) is 32.7 Å². The van der Waals surface area contributed by atoms with E-state index in [9.17, 15) is 9.59 Å². The van der Waals surface area contributed by atoms with Crippen LogP contribution in [0.1, 0.15) is 26.7 Å². The largest absolute Gasteiger partial charge is 0.374 e. The maximum atomic E-state index is 12.1. The monoisotopic (exact) mass is 373 g/mol. The number of amides is 3. The summed E-state index contributed by atoms with van der Waals surface area (Å²) < 4.78 is 0. The molecule has 7 heteroatoms. The van der Waals surface area contributed by atoms with Gasteiger partial charge in [0.25, 0.3) is 0 Å². The first-order chi connectivity index (χ1) is 13.0. The van der Waals surface area contributed by atoms with Crippen LogP contribution in [0.15, 0.2) is 24.3 Å². The van der Waals surface area contributed by atoms with Gasteiger partial charge in [-0.2, -0.15) is 0 Å². The summed E-state index contributed by atoms with van der Waals surface area (Å²) in [6.07, 6.45) is 2.81. The molecule has 0 spiro atoms. The van der Waals surface area contributed by atoms with Crippen molar-refractivity contribution in [3.05, 3.63) is 24.3 Å². The Morgan fingerprint density at radius 2 is 1.93 bits per heavy atom. The summed E-state index contributed by atoms with van der Waals surface area (Å²) in [5.74, 6) is 0.594. The van der Waals surface area contributed by atoms with Crippen LogP contribution in [0.4, 0.5) is 16.2 Å². The Morgan fingerprint density at radius 3 is 2.59 bits per heavy atom. The summed E-state index contributed by atoms with van der Waals surface area (Å²) in [5, 5.41) is 8.08. The molecule has 0 aromatic heterocycles. The van der Waals surface area contributed by atoms with Gasteiger partial charge in [0.15, 0.2) is 0 Å². The zero-order valence-corrected chi connectivity index (χ0v) is 16.3. The van der Waals surface area contributed by atoms with Crippen molar-refractivity contribution < 1.29 is 9.59 Å². The van der Waals surface area contributed by atoms with Gasteiger partial charge in [-0.25, -0.2) is 4.79 Å². The lowest BCUT2D eigenvalue weighted by Crippen LogP contribution is -2.47. The van der Waals surface area contributed by atoms with Gasteiger partial charge >= 0.3 is 6.03 Å². The second-order valence-electron chi connectivity index (χ2n) is 7.50. The van der Waals surface area contributed by atoms with Gasteiger partial charge < -0.3 is 15.5 Å². The third-order valence-electron chi connectivity index (χ3n) is 5.15. The van der Waals surface area contributed by atoms with Crippen LogP contribution < -0.4 is 20.9 Å². The van der Waals surface area contributed by atoms with Crippen LogP contribution in [0.3, 0.4) is 0 Å². The fraction of sp³-hybridized carbons (Fsp3) is 0.600. The molecule has 1 aromatic carbocycles. The number of carbonyl (C=O) groups excluding carboxylic acids is 2. The van der Waals surface area contributed by atoms with Gasteiger partial charge in [0, 0.05) is 50.6 Å². The molecule has 0 unspecified atom stereocenters. The van der Waals surface area contributed by atoms with Gasteiger partial charge in [-0.3, -0.25) is 15.0 Å². The van der Waals surface area contributed by atoms with E-state index >= 15 is 0 Å². The molecule has 0 radical (unpaired) electrons. The summed E-state index contributed by atoms with van der Waals surface area (Å²) in [6.45, 7) is 9.58. The Hall–Kier alpha value is -2.28. The summed E-state index contributed by atoms with van der Waals surface area (Å²) in [7, 11) is 0. The Balaban J connectivity index is 1.51. The first-order valence-corrected chi connectivity index (χ1v) is 9.97. The zero-order valence-electron chi connectivity index (χ0n) is 16.3. The number of hydrogen-bond acceptors (Lipinski definition) is 5. The molecule has 3 rings (SSSR count). The molecule has 3 N–H and O–H groups in total. The number of carbonyl (C=O) groups is 2. The van der Waals surface area contributed by atoms with E-state index in [1.165, 1.54) is 25.1 Å². The van der Waals surface area contributed by atoms with Crippen molar-refractivity contribution in [2.24, 2.45) is 5.92 Å². The minimum absolute atomic E-state index is 0.347. The highest BCUT2D eigenvalue weighted by molar-refractivity contribution is 5.98. The van der Waals surface area contributed by atoms with E-state index in [1.54, 1.807) is 6.92 Å². The Morgan fingerprint density at radius 1 is 1.19 bits per heavy atom. The van der Waals surface area contributed by atoms with Crippen LogP contribution >= 0.6 is 0 Å². The van der Waals surface area contributed by atoms with Gasteiger partial charge in [0.1, 0.15) is 6.04 Å². The molecule has 3 amide bonds. The van der Waals surface area contributed by atoms with E-state index in [1.807, 2.05) is 19.1 Å². The molecule has 0 bridgehead atoms. The van der Waals surface area contributed by atoms with E-state index in [0.717, 1.165) is 37.8 Å². The smallest absolute Gasteiger partial charge is 0.321 e. The average Bonchev–Trinajstić information content (AvgIpc) is 3.46. The molecule has 1 saturated carbocycles. The third kappa shape index (κ3) is 5.85. The Labute approximate surface area is 161 Å². The van der Waals surface area contributed by atoms with Crippen molar-refractivity contribution in [1.82, 2.24) is 15.5 Å². The van der Waals surface area contributed by atoms with Crippen LogP contribution in [0.2, 0.25) is 0 Å². The number of anilines is 2. The van der Waals surface area contributed by atoms with E-state index in [4.69, 9.17) is 0 Å². The summed E-state index contributed by atoms with van der Waals surface area (Å²) in [4.78, 5) is 28.6. The van der Waals surface area contributed by atoms with Crippen molar-refractivity contribution in [3.8, 4) is 0 Å². The Kier molecular flexibility index (Phi) is 6.55. The summed E-state index contributed by atoms with van der Waals surface area (Å²) >= 11 is 0. The van der Waals surface area contributed by atoms with Crippen molar-refractivity contribution >= 4 is 23.3 Å². The molecular weight excluding hydrogens is 342 g/mol. The highest BCUT2D eigenvalue weighted by Gasteiger charge is 2.26. The standard InChI is InChI=1S/C20H31N5O2/c1-3-21-20(27)23-19(26)15(2)22-17-5-4-6-18(13-17)25-11-9-24(10-12-25)14-16-7-8-16/h4-6,13,15-16,22H,3,7-12,14H2,1-2H3,(H2,21,23,26,27)/t15-/m1/s1. The van der Waals surface area contributed by atoms with Crippen LogP contribution in [-0.2, 0) is 4.79 Å². The van der Waals surface area contributed by atoms with E-state index in [2.05, 4.69) is 37.9 Å². The predicted molar refractivity (Wildman–Crippen MR) is 108 cm³/mol. The van der Waals surface area contributed by atoms with Gasteiger partial charge in [0.05, 0.1) is 0 Å². The van der Waals surface area contributed by atoms with Crippen molar-refractivity contribution in [3.63, 3.8) is 0 Å². The third-order valence-corrected chi connectivity index (χ3v) is 5.15. The maximum absolute atomic E-state index is 12.1. The number of hydrogen-bond donors (Lipinski definition) is 3. The highest BCUT2D eigenvalue weighted by Crippen LogP contribution is 2.30. The lowest BCUT2D eigenvalue weighted by Gasteiger charge is -2.36. The first kappa shape index (κ1) is 19.5. The van der Waals surface area contributed by atoms with Crippen molar-refractivity contribution in [1.29, 1.82) is 0 Å². The first-order valence-electron chi connectivity index (χ1n) is 9.97. The zero-order chi connectivity index (χ0) is 19.2. The number of nitrogens with zero attached hydrogens (tertiary/aromatic N) is 2. The molecule has 1 saturated heterocycles. The average molecular weight is 374 g/mol. The second kappa shape index (κ2) is 9.08. The molecular formula is C20H31N5O2. The van der Waals surface area contributed by atoms with E-state index in [-0.39, 0.29) is 5.91 Å². The predicted octanol–water partition coefficient (Wildman–Crippen LogP) is 1.86. The minimum Gasteiger partial charge on any atom is -0.374 e. The quantitative estimate of drug-likeness (QED) is 0.680. The number of piperazine rings is 1.